The molecule has 0 saturated carbocycles. The number of para-hydroxylation sites is 1. The van der Waals surface area contributed by atoms with Crippen molar-refractivity contribution in [1.29, 1.82) is 0 Å². The van der Waals surface area contributed by atoms with Crippen LogP contribution >= 0.6 is 0 Å². The van der Waals surface area contributed by atoms with Gasteiger partial charge in [-0.05, 0) is 26.0 Å². The Labute approximate surface area is 100 Å². The molecule has 0 unspecified atom stereocenters. The van der Waals surface area contributed by atoms with Crippen molar-refractivity contribution < 1.29 is 12.8 Å². The summed E-state index contributed by atoms with van der Waals surface area (Å²) in [7, 11) is -3.48. The minimum absolute atomic E-state index is 0.106. The van der Waals surface area contributed by atoms with Gasteiger partial charge in [0.05, 0.1) is 24.0 Å². The first-order chi connectivity index (χ1) is 7.71. The summed E-state index contributed by atoms with van der Waals surface area (Å²) in [6.07, 6.45) is 1.09. The van der Waals surface area contributed by atoms with Gasteiger partial charge < -0.3 is 5.32 Å². The minimum atomic E-state index is -3.48. The Hall–Kier alpha value is -1.30. The van der Waals surface area contributed by atoms with Crippen molar-refractivity contribution in [2.24, 2.45) is 0 Å². The van der Waals surface area contributed by atoms with Crippen LogP contribution in [0.15, 0.2) is 18.2 Å². The van der Waals surface area contributed by atoms with Gasteiger partial charge in [-0.25, -0.2) is 12.8 Å². The number of benzene rings is 1. The third-order valence-corrected chi connectivity index (χ3v) is 3.76. The lowest BCUT2D eigenvalue weighted by molar-refractivity contribution is 0.535. The van der Waals surface area contributed by atoms with E-state index in [1.165, 1.54) is 6.07 Å². The lowest BCUT2D eigenvalue weighted by Gasteiger charge is -2.40. The molecule has 0 bridgehead atoms. The molecule has 2 rings (SSSR count). The molecule has 1 aliphatic rings. The first-order valence-corrected chi connectivity index (χ1v) is 7.10. The number of anilines is 2. The van der Waals surface area contributed by atoms with Crippen LogP contribution in [-0.4, -0.2) is 26.8 Å². The maximum Gasteiger partial charge on any atom is 0.232 e. The molecule has 0 aromatic heterocycles. The van der Waals surface area contributed by atoms with Gasteiger partial charge >= 0.3 is 0 Å². The summed E-state index contributed by atoms with van der Waals surface area (Å²) < 4.78 is 38.3. The fourth-order valence-corrected chi connectivity index (χ4v) is 3.07. The number of nitrogens with one attached hydrogen (secondary N) is 1. The van der Waals surface area contributed by atoms with Gasteiger partial charge in [0.1, 0.15) is 11.5 Å². The van der Waals surface area contributed by atoms with E-state index in [0.717, 1.165) is 10.6 Å². The molecule has 0 spiro atoms. The molecule has 1 heterocycles. The molecule has 17 heavy (non-hydrogen) atoms. The van der Waals surface area contributed by atoms with Crippen molar-refractivity contribution in [3.8, 4) is 0 Å². The zero-order valence-corrected chi connectivity index (χ0v) is 10.8. The van der Waals surface area contributed by atoms with E-state index in [0.29, 0.717) is 5.69 Å². The fourth-order valence-electron chi connectivity index (χ4n) is 1.99. The Morgan fingerprint density at radius 2 is 2.06 bits per heavy atom. The van der Waals surface area contributed by atoms with Crippen molar-refractivity contribution in [2.75, 3.05) is 22.4 Å². The van der Waals surface area contributed by atoms with Gasteiger partial charge in [-0.2, -0.15) is 0 Å². The van der Waals surface area contributed by atoms with Gasteiger partial charge in [-0.3, -0.25) is 4.31 Å². The summed E-state index contributed by atoms with van der Waals surface area (Å²) in [6.45, 7) is 3.96. The molecule has 0 fully saturated rings. The van der Waals surface area contributed by atoms with Crippen molar-refractivity contribution in [2.45, 2.75) is 19.4 Å². The SMILES string of the molecule is CC1(C)CN(S(C)(=O)=O)c2c(F)cccc2N1. The largest absolute Gasteiger partial charge is 0.377 e. The third kappa shape index (κ3) is 2.22. The summed E-state index contributed by atoms with van der Waals surface area (Å²) >= 11 is 0. The van der Waals surface area contributed by atoms with Crippen LogP contribution in [0.5, 0.6) is 0 Å². The highest BCUT2D eigenvalue weighted by Crippen LogP contribution is 2.37. The maximum absolute atomic E-state index is 13.8. The monoisotopic (exact) mass is 258 g/mol. The fraction of sp³-hybridized carbons (Fsp3) is 0.455. The minimum Gasteiger partial charge on any atom is -0.377 e. The summed E-state index contributed by atoms with van der Waals surface area (Å²) in [5.74, 6) is -0.532. The first-order valence-electron chi connectivity index (χ1n) is 5.25. The van der Waals surface area contributed by atoms with E-state index >= 15 is 0 Å². The zero-order chi connectivity index (χ0) is 12.8. The molecule has 94 valence electrons. The third-order valence-electron chi connectivity index (χ3n) is 2.65. The van der Waals surface area contributed by atoms with Gasteiger partial charge in [0.25, 0.3) is 0 Å². The molecule has 6 heteroatoms. The molecule has 1 aromatic carbocycles. The molecule has 0 saturated heterocycles. The van der Waals surface area contributed by atoms with Crippen molar-refractivity contribution in [3.63, 3.8) is 0 Å². The van der Waals surface area contributed by atoms with Crippen molar-refractivity contribution in [3.05, 3.63) is 24.0 Å². The van der Waals surface area contributed by atoms with Gasteiger partial charge in [0.2, 0.25) is 10.0 Å². The Kier molecular flexibility index (Phi) is 2.57. The molecule has 0 atom stereocenters. The van der Waals surface area contributed by atoms with Crippen LogP contribution in [0.3, 0.4) is 0 Å². The highest BCUT2D eigenvalue weighted by molar-refractivity contribution is 7.92. The van der Waals surface area contributed by atoms with Crippen LogP contribution in [0.1, 0.15) is 13.8 Å². The Morgan fingerprint density at radius 3 is 2.65 bits per heavy atom. The van der Waals surface area contributed by atoms with Crippen LogP contribution in [-0.2, 0) is 10.0 Å². The van der Waals surface area contributed by atoms with E-state index in [-0.39, 0.29) is 12.2 Å². The highest BCUT2D eigenvalue weighted by Gasteiger charge is 2.35. The van der Waals surface area contributed by atoms with E-state index in [9.17, 15) is 12.8 Å². The number of hydrogen-bond acceptors (Lipinski definition) is 3. The quantitative estimate of drug-likeness (QED) is 0.835. The normalized spacial score (nSPS) is 18.5. The molecular weight excluding hydrogens is 243 g/mol. The molecule has 1 aliphatic heterocycles. The second-order valence-corrected chi connectivity index (χ2v) is 6.82. The van der Waals surface area contributed by atoms with Crippen LogP contribution in [0, 0.1) is 5.82 Å². The van der Waals surface area contributed by atoms with Crippen LogP contribution < -0.4 is 9.62 Å². The molecule has 4 nitrogen and oxygen atoms in total. The standard InChI is InChI=1S/C11H15FN2O2S/c1-11(2)7-14(17(3,15)16)10-8(12)5-4-6-9(10)13-11/h4-6,13H,7H2,1-3H3. The second-order valence-electron chi connectivity index (χ2n) is 4.91. The molecular formula is C11H15FN2O2S. The van der Waals surface area contributed by atoms with Crippen molar-refractivity contribution >= 4 is 21.4 Å². The van der Waals surface area contributed by atoms with Gasteiger partial charge in [0.15, 0.2) is 0 Å². The zero-order valence-electron chi connectivity index (χ0n) is 9.99. The number of sulfonamides is 1. The molecule has 1 N–H and O–H groups in total. The van der Waals surface area contributed by atoms with E-state index in [2.05, 4.69) is 5.32 Å². The van der Waals surface area contributed by atoms with Gasteiger partial charge in [0, 0.05) is 0 Å². The van der Waals surface area contributed by atoms with Crippen LogP contribution in [0.4, 0.5) is 15.8 Å². The number of nitrogens with zero attached hydrogens (tertiary/aromatic N) is 1. The van der Waals surface area contributed by atoms with Crippen molar-refractivity contribution in [1.82, 2.24) is 0 Å². The average Bonchev–Trinajstić information content (AvgIpc) is 2.13. The molecule has 0 aliphatic carbocycles. The lowest BCUT2D eigenvalue weighted by Crippen LogP contribution is -2.50. The van der Waals surface area contributed by atoms with E-state index in [1.807, 2.05) is 13.8 Å². The van der Waals surface area contributed by atoms with E-state index in [1.54, 1.807) is 12.1 Å². The molecule has 0 amide bonds. The number of halogens is 1. The van der Waals surface area contributed by atoms with Gasteiger partial charge in [-0.1, -0.05) is 6.07 Å². The predicted octanol–water partition coefficient (Wildman–Crippen LogP) is 1.80. The van der Waals surface area contributed by atoms with E-state index in [4.69, 9.17) is 0 Å². The number of rotatable bonds is 1. The summed E-state index contributed by atoms with van der Waals surface area (Å²) in [5, 5.41) is 3.13. The predicted molar refractivity (Wildman–Crippen MR) is 66.3 cm³/mol. The Bertz CT molecular complexity index is 555. The summed E-state index contributed by atoms with van der Waals surface area (Å²) in [5.41, 5.74) is 0.185. The number of hydrogen-bond donors (Lipinski definition) is 1. The maximum atomic E-state index is 13.8. The summed E-state index contributed by atoms with van der Waals surface area (Å²) in [4.78, 5) is 0. The second kappa shape index (κ2) is 3.60. The summed E-state index contributed by atoms with van der Waals surface area (Å²) in [6, 6.07) is 4.50. The van der Waals surface area contributed by atoms with E-state index < -0.39 is 21.4 Å². The Balaban J connectivity index is 2.65. The van der Waals surface area contributed by atoms with Crippen LogP contribution in [0.2, 0.25) is 0 Å². The smallest absolute Gasteiger partial charge is 0.232 e. The lowest BCUT2D eigenvalue weighted by atomic mass is 10.0. The molecule has 0 radical (unpaired) electrons. The molecule has 1 aromatic rings. The number of fused-ring (bicyclic) bond motifs is 1. The Morgan fingerprint density at radius 1 is 1.41 bits per heavy atom. The topological polar surface area (TPSA) is 49.4 Å². The highest BCUT2D eigenvalue weighted by atomic mass is 32.2. The first kappa shape index (κ1) is 12.2. The van der Waals surface area contributed by atoms with Crippen LogP contribution in [0.25, 0.3) is 0 Å². The van der Waals surface area contributed by atoms with Gasteiger partial charge in [-0.15, -0.1) is 0 Å². The average molecular weight is 258 g/mol.